The Bertz CT molecular complexity index is 1930. The molecule has 4 heterocycles. The van der Waals surface area contributed by atoms with Crippen molar-refractivity contribution in [1.82, 2.24) is 14.5 Å². The smallest absolute Gasteiger partial charge is 0.217 e. The predicted octanol–water partition coefficient (Wildman–Crippen LogP) is 7.96. The molecule has 0 fully saturated rings. The number of benzene rings is 3. The van der Waals surface area contributed by atoms with E-state index in [9.17, 15) is 5.11 Å². The fraction of sp³-hybridized carbons (Fsp3) is 0.212. The number of aromatic nitrogens is 3. The Morgan fingerprint density at radius 3 is 2.44 bits per heavy atom. The zero-order valence-electron chi connectivity index (χ0n) is 22.4. The van der Waals surface area contributed by atoms with Gasteiger partial charge in [-0.2, -0.15) is 6.07 Å². The summed E-state index contributed by atoms with van der Waals surface area (Å²) in [7, 11) is 0. The van der Waals surface area contributed by atoms with E-state index in [1.165, 1.54) is 16.5 Å². The minimum absolute atomic E-state index is 0. The molecule has 0 unspecified atom stereocenters. The Labute approximate surface area is 241 Å². The maximum atomic E-state index is 10.6. The van der Waals surface area contributed by atoms with Crippen molar-refractivity contribution >= 4 is 32.7 Å². The molecule has 0 atom stereocenters. The quantitative estimate of drug-likeness (QED) is 0.187. The van der Waals surface area contributed by atoms with Gasteiger partial charge in [-0.1, -0.05) is 70.5 Å². The van der Waals surface area contributed by atoms with Gasteiger partial charge in [0, 0.05) is 61.0 Å². The normalized spacial score (nSPS) is 13.9. The summed E-state index contributed by atoms with van der Waals surface area (Å²) in [4.78, 5) is 9.49. The standard InChI is InChI=1S/C33H28N3O2.Pt/c1-32(2,3)23-14-15-27(37)29-22(23)13-16-28(35-29)38-19-11-12-20-21-8-6-9-24-30(21)36(26(20)18-19)31-25(33(24,4)5)10-7-17-34-31;/h6-17,37H,1-5H3;/q-1;. The van der Waals surface area contributed by atoms with Crippen molar-refractivity contribution in [3.05, 3.63) is 95.7 Å². The number of fused-ring (bicyclic) bond motifs is 6. The number of para-hydroxylation sites is 1. The molecule has 0 saturated carbocycles. The van der Waals surface area contributed by atoms with Crippen LogP contribution < -0.4 is 4.74 Å². The van der Waals surface area contributed by atoms with Crippen molar-refractivity contribution in [2.75, 3.05) is 0 Å². The van der Waals surface area contributed by atoms with E-state index in [0.29, 0.717) is 17.1 Å². The van der Waals surface area contributed by atoms with E-state index in [-0.39, 0.29) is 37.6 Å². The number of rotatable bonds is 2. The van der Waals surface area contributed by atoms with Crippen LogP contribution in [0.3, 0.4) is 0 Å². The van der Waals surface area contributed by atoms with Gasteiger partial charge >= 0.3 is 0 Å². The SMILES string of the molecule is CC(C)(C)c1ccc(O)c2nc(Oc3[c-]c4c(cc3)c3cccc5c3n4-c3ncccc3C5(C)C)ccc12.[Pt]. The molecule has 0 bridgehead atoms. The molecule has 1 aliphatic heterocycles. The molecule has 6 aromatic rings. The maximum Gasteiger partial charge on any atom is 0.217 e. The Morgan fingerprint density at radius 1 is 0.872 bits per heavy atom. The molecule has 198 valence electrons. The molecular weight excluding hydrogens is 665 g/mol. The van der Waals surface area contributed by atoms with Crippen LogP contribution in [0.4, 0.5) is 0 Å². The van der Waals surface area contributed by atoms with Gasteiger partial charge in [-0.05, 0) is 40.1 Å². The molecule has 5 nitrogen and oxygen atoms in total. The van der Waals surface area contributed by atoms with Crippen LogP contribution in [-0.2, 0) is 31.9 Å². The molecule has 6 heteroatoms. The van der Waals surface area contributed by atoms with Crippen molar-refractivity contribution < 1.29 is 30.9 Å². The molecule has 0 radical (unpaired) electrons. The van der Waals surface area contributed by atoms with Gasteiger partial charge in [0.25, 0.3) is 0 Å². The molecule has 3 aromatic heterocycles. The second kappa shape index (κ2) is 8.66. The fourth-order valence-electron chi connectivity index (χ4n) is 5.96. The maximum absolute atomic E-state index is 10.6. The summed E-state index contributed by atoms with van der Waals surface area (Å²) in [6.45, 7) is 11.0. The third-order valence-corrected chi connectivity index (χ3v) is 7.85. The van der Waals surface area contributed by atoms with Crippen LogP contribution in [0.5, 0.6) is 17.4 Å². The first-order chi connectivity index (χ1) is 18.1. The molecule has 39 heavy (non-hydrogen) atoms. The monoisotopic (exact) mass is 693 g/mol. The molecule has 0 spiro atoms. The van der Waals surface area contributed by atoms with Gasteiger partial charge in [0.15, 0.2) is 0 Å². The van der Waals surface area contributed by atoms with E-state index in [0.717, 1.165) is 33.2 Å². The largest absolute Gasteiger partial charge is 0.506 e. The number of aromatic hydroxyl groups is 1. The average molecular weight is 694 g/mol. The van der Waals surface area contributed by atoms with Crippen molar-refractivity contribution in [2.45, 2.75) is 45.4 Å². The second-order valence-electron chi connectivity index (χ2n) is 11.7. The molecular formula is C33H28N3O2Pt-. The summed E-state index contributed by atoms with van der Waals surface area (Å²) >= 11 is 0. The van der Waals surface area contributed by atoms with Gasteiger partial charge in [-0.15, -0.1) is 17.5 Å². The zero-order chi connectivity index (χ0) is 26.4. The van der Waals surface area contributed by atoms with E-state index in [2.05, 4.69) is 80.6 Å². The summed E-state index contributed by atoms with van der Waals surface area (Å²) in [5, 5.41) is 13.8. The Kier molecular flexibility index (Phi) is 5.68. The Balaban J connectivity index is 0.00000277. The third-order valence-electron chi connectivity index (χ3n) is 7.85. The Hall–Kier alpha value is -3.69. The number of pyridine rings is 2. The molecule has 7 rings (SSSR count). The number of phenols is 1. The third kappa shape index (κ3) is 3.71. The van der Waals surface area contributed by atoms with Crippen molar-refractivity contribution in [3.8, 4) is 23.2 Å². The molecule has 0 aliphatic carbocycles. The van der Waals surface area contributed by atoms with Crippen LogP contribution in [0.25, 0.3) is 38.5 Å². The average Bonchev–Trinajstić information content (AvgIpc) is 3.21. The van der Waals surface area contributed by atoms with Crippen LogP contribution in [0.1, 0.15) is 51.3 Å². The second-order valence-corrected chi connectivity index (χ2v) is 11.7. The minimum Gasteiger partial charge on any atom is -0.506 e. The summed E-state index contributed by atoms with van der Waals surface area (Å²) in [5.74, 6) is 2.02. The minimum atomic E-state index is -0.171. The van der Waals surface area contributed by atoms with Gasteiger partial charge in [0.05, 0.1) is 0 Å². The van der Waals surface area contributed by atoms with E-state index < -0.39 is 0 Å². The molecule has 1 aliphatic rings. The van der Waals surface area contributed by atoms with Crippen molar-refractivity contribution in [3.63, 3.8) is 0 Å². The van der Waals surface area contributed by atoms with Crippen LogP contribution >= 0.6 is 0 Å². The summed E-state index contributed by atoms with van der Waals surface area (Å²) < 4.78 is 8.45. The van der Waals surface area contributed by atoms with E-state index in [1.54, 1.807) is 6.07 Å². The van der Waals surface area contributed by atoms with Gasteiger partial charge in [-0.25, -0.2) is 9.97 Å². The summed E-state index contributed by atoms with van der Waals surface area (Å²) in [6, 6.07) is 25.7. The first-order valence-electron chi connectivity index (χ1n) is 12.9. The first-order valence-corrected chi connectivity index (χ1v) is 12.9. The topological polar surface area (TPSA) is 60.2 Å². The van der Waals surface area contributed by atoms with Gasteiger partial charge in [0.2, 0.25) is 5.88 Å². The number of nitrogens with zero attached hydrogens (tertiary/aromatic N) is 3. The van der Waals surface area contributed by atoms with Crippen LogP contribution in [0.15, 0.2) is 72.9 Å². The van der Waals surface area contributed by atoms with Gasteiger partial charge in [-0.3, -0.25) is 0 Å². The van der Waals surface area contributed by atoms with Crippen molar-refractivity contribution in [1.29, 1.82) is 0 Å². The first kappa shape index (κ1) is 25.6. The van der Waals surface area contributed by atoms with Gasteiger partial charge in [0.1, 0.15) is 17.1 Å². The molecule has 3 aromatic carbocycles. The molecule has 0 amide bonds. The number of hydrogen-bond donors (Lipinski definition) is 1. The number of phenolic OH excluding ortho intramolecular Hbond substituents is 1. The van der Waals surface area contributed by atoms with E-state index in [1.807, 2.05) is 36.5 Å². The summed E-state index contributed by atoms with van der Waals surface area (Å²) in [6.07, 6.45) is 1.85. The number of ether oxygens (including phenoxy) is 1. The van der Waals surface area contributed by atoms with Crippen LogP contribution in [0, 0.1) is 6.07 Å². The van der Waals surface area contributed by atoms with Gasteiger partial charge < -0.3 is 14.4 Å². The van der Waals surface area contributed by atoms with Crippen LogP contribution in [0.2, 0.25) is 0 Å². The predicted molar refractivity (Wildman–Crippen MR) is 152 cm³/mol. The van der Waals surface area contributed by atoms with Crippen LogP contribution in [-0.4, -0.2) is 19.6 Å². The van der Waals surface area contributed by atoms with E-state index in [4.69, 9.17) is 9.72 Å². The van der Waals surface area contributed by atoms with E-state index >= 15 is 0 Å². The molecule has 1 N–H and O–H groups in total. The fourth-order valence-corrected chi connectivity index (χ4v) is 5.96. The number of hydrogen-bond acceptors (Lipinski definition) is 4. The molecule has 0 saturated heterocycles. The van der Waals surface area contributed by atoms with Crippen molar-refractivity contribution in [2.24, 2.45) is 0 Å². The Morgan fingerprint density at radius 2 is 1.64 bits per heavy atom. The summed E-state index contributed by atoms with van der Waals surface area (Å²) in [5.41, 5.74) is 5.93. The zero-order valence-corrected chi connectivity index (χ0v) is 24.7.